The third-order valence-electron chi connectivity index (χ3n) is 8.62. The lowest BCUT2D eigenvalue weighted by molar-refractivity contribution is -0.147. The molecular weight excluding hydrogens is 649 g/mol. The lowest BCUT2D eigenvalue weighted by Gasteiger charge is -2.18. The van der Waals surface area contributed by atoms with Gasteiger partial charge in [-0.25, -0.2) is 9.36 Å². The fourth-order valence-electron chi connectivity index (χ4n) is 5.60. The van der Waals surface area contributed by atoms with Crippen LogP contribution in [-0.2, 0) is 32.7 Å². The van der Waals surface area contributed by atoms with Gasteiger partial charge in [0.2, 0.25) is 5.91 Å². The Morgan fingerprint density at radius 1 is 0.571 bits per heavy atom. The number of aliphatic hydroxyl groups excluding tert-OH is 1. The molecule has 1 amide bonds. The van der Waals surface area contributed by atoms with E-state index in [0.717, 1.165) is 19.3 Å². The van der Waals surface area contributed by atoms with Crippen molar-refractivity contribution >= 4 is 25.7 Å². The number of nitrogens with one attached hydrogen (secondary N) is 1. The number of phosphoric acid groups is 1. The zero-order valence-corrected chi connectivity index (χ0v) is 31.9. The molecule has 0 saturated heterocycles. The molecule has 0 aromatic rings. The number of unbranched alkanes of at least 4 members (excludes halogenated alkanes) is 23. The van der Waals surface area contributed by atoms with E-state index >= 15 is 0 Å². The SMILES string of the molecule is CCCCCCCCCCCCCCCCCCCCCCCCCCC(=O)OCC(O)COP(=O)(O)OCC(NC(=O)CCC)C(=O)O. The van der Waals surface area contributed by atoms with Crippen LogP contribution in [0.1, 0.15) is 187 Å². The van der Waals surface area contributed by atoms with Crippen LogP contribution < -0.4 is 5.32 Å². The van der Waals surface area contributed by atoms with Crippen molar-refractivity contribution in [3.05, 3.63) is 0 Å². The molecule has 0 aromatic heterocycles. The smallest absolute Gasteiger partial charge is 0.472 e. The average Bonchev–Trinajstić information content (AvgIpc) is 3.06. The fourth-order valence-corrected chi connectivity index (χ4v) is 6.37. The first-order valence-corrected chi connectivity index (χ1v) is 21.1. The van der Waals surface area contributed by atoms with Crippen LogP contribution in [0, 0.1) is 0 Å². The molecule has 0 heterocycles. The Kier molecular flexibility index (Phi) is 32.6. The van der Waals surface area contributed by atoms with Gasteiger partial charge < -0.3 is 25.2 Å². The van der Waals surface area contributed by atoms with Crippen LogP contribution in [0.3, 0.4) is 0 Å². The first-order chi connectivity index (χ1) is 23.6. The van der Waals surface area contributed by atoms with Crippen molar-refractivity contribution in [1.29, 1.82) is 0 Å². The quantitative estimate of drug-likeness (QED) is 0.0276. The van der Waals surface area contributed by atoms with Gasteiger partial charge in [0, 0.05) is 12.8 Å². The molecule has 0 aliphatic heterocycles. The van der Waals surface area contributed by atoms with Gasteiger partial charge in [-0.3, -0.25) is 18.6 Å². The minimum absolute atomic E-state index is 0.0989. The van der Waals surface area contributed by atoms with E-state index in [1.165, 1.54) is 128 Å². The first kappa shape index (κ1) is 47.5. The fraction of sp³-hybridized carbons (Fsp3) is 0.919. The third-order valence-corrected chi connectivity index (χ3v) is 9.57. The topological polar surface area (TPSA) is 169 Å². The summed E-state index contributed by atoms with van der Waals surface area (Å²) in [5.74, 6) is -2.43. The highest BCUT2D eigenvalue weighted by Gasteiger charge is 2.28. The van der Waals surface area contributed by atoms with Gasteiger partial charge >= 0.3 is 19.8 Å². The van der Waals surface area contributed by atoms with Crippen LogP contribution in [0.15, 0.2) is 0 Å². The number of carboxylic acids is 1. The average molecular weight is 722 g/mol. The molecule has 0 bridgehead atoms. The molecule has 0 aromatic carbocycles. The molecule has 0 rings (SSSR count). The Labute approximate surface area is 297 Å². The van der Waals surface area contributed by atoms with Crippen LogP contribution in [0.2, 0.25) is 0 Å². The van der Waals surface area contributed by atoms with Crippen LogP contribution >= 0.6 is 7.82 Å². The summed E-state index contributed by atoms with van der Waals surface area (Å²) < 4.78 is 26.3. The van der Waals surface area contributed by atoms with Gasteiger partial charge in [-0.15, -0.1) is 0 Å². The summed E-state index contributed by atoms with van der Waals surface area (Å²) in [6.07, 6.45) is 30.9. The summed E-state index contributed by atoms with van der Waals surface area (Å²) in [5, 5.41) is 21.3. The highest BCUT2D eigenvalue weighted by atomic mass is 31.2. The predicted molar refractivity (Wildman–Crippen MR) is 194 cm³/mol. The van der Waals surface area contributed by atoms with Crippen molar-refractivity contribution in [2.24, 2.45) is 0 Å². The van der Waals surface area contributed by atoms with Crippen molar-refractivity contribution in [3.8, 4) is 0 Å². The van der Waals surface area contributed by atoms with Crippen molar-refractivity contribution in [1.82, 2.24) is 5.32 Å². The zero-order valence-electron chi connectivity index (χ0n) is 31.0. The van der Waals surface area contributed by atoms with E-state index in [1.807, 2.05) is 0 Å². The Balaban J connectivity index is 3.57. The van der Waals surface area contributed by atoms with Gasteiger partial charge in [-0.1, -0.05) is 162 Å². The summed E-state index contributed by atoms with van der Waals surface area (Å²) in [5.41, 5.74) is 0. The summed E-state index contributed by atoms with van der Waals surface area (Å²) in [6.45, 7) is 2.14. The molecule has 290 valence electrons. The molecule has 0 fully saturated rings. The summed E-state index contributed by atoms with van der Waals surface area (Å²) in [4.78, 5) is 44.5. The molecule has 49 heavy (non-hydrogen) atoms. The second kappa shape index (κ2) is 33.6. The predicted octanol–water partition coefficient (Wildman–Crippen LogP) is 9.17. The molecule has 0 aliphatic rings. The van der Waals surface area contributed by atoms with E-state index in [-0.39, 0.29) is 12.8 Å². The number of amides is 1. The van der Waals surface area contributed by atoms with Crippen molar-refractivity contribution in [2.75, 3.05) is 19.8 Å². The number of aliphatic hydroxyl groups is 1. The van der Waals surface area contributed by atoms with Gasteiger partial charge in [0.15, 0.2) is 6.04 Å². The number of rotatable bonds is 37. The van der Waals surface area contributed by atoms with Gasteiger partial charge in [0.25, 0.3) is 0 Å². The number of carbonyl (C=O) groups is 3. The lowest BCUT2D eigenvalue weighted by Crippen LogP contribution is -2.43. The number of carbonyl (C=O) groups excluding carboxylic acids is 2. The van der Waals surface area contributed by atoms with E-state index in [9.17, 15) is 28.9 Å². The highest BCUT2D eigenvalue weighted by Crippen LogP contribution is 2.43. The second-order valence-corrected chi connectivity index (χ2v) is 14.9. The Morgan fingerprint density at radius 2 is 0.959 bits per heavy atom. The van der Waals surface area contributed by atoms with Crippen molar-refractivity contribution in [2.45, 2.75) is 199 Å². The van der Waals surface area contributed by atoms with E-state index in [4.69, 9.17) is 9.84 Å². The summed E-state index contributed by atoms with van der Waals surface area (Å²) in [6, 6.07) is -1.53. The van der Waals surface area contributed by atoms with E-state index in [0.29, 0.717) is 12.8 Å². The maximum atomic E-state index is 12.0. The molecule has 0 saturated carbocycles. The molecule has 12 heteroatoms. The number of phosphoric ester groups is 1. The van der Waals surface area contributed by atoms with Crippen LogP contribution in [-0.4, -0.2) is 64.9 Å². The van der Waals surface area contributed by atoms with Gasteiger partial charge in [-0.05, 0) is 12.8 Å². The standard InChI is InChI=1S/C37H72NO10P/c1-3-5-6-7-8-9-10-11-12-13-14-15-16-17-18-19-20-21-22-23-24-25-26-27-29-36(41)46-30-33(39)31-47-49(44,45)48-32-34(37(42)43)38-35(40)28-4-2/h33-34,39H,3-32H2,1-2H3,(H,38,40)(H,42,43)(H,44,45). The Hall–Kier alpha value is -1.52. The minimum Gasteiger partial charge on any atom is -0.480 e. The van der Waals surface area contributed by atoms with Crippen molar-refractivity contribution in [3.63, 3.8) is 0 Å². The number of hydrogen-bond acceptors (Lipinski definition) is 8. The number of hydrogen-bond donors (Lipinski definition) is 4. The monoisotopic (exact) mass is 721 g/mol. The number of aliphatic carboxylic acids is 1. The number of carboxylic acid groups (broad SMARTS) is 1. The molecule has 4 N–H and O–H groups in total. The normalized spacial score (nSPS) is 13.9. The zero-order chi connectivity index (χ0) is 36.4. The van der Waals surface area contributed by atoms with E-state index in [1.54, 1.807) is 6.92 Å². The first-order valence-electron chi connectivity index (χ1n) is 19.6. The number of esters is 1. The molecule has 0 spiro atoms. The Bertz CT molecular complexity index is 859. The lowest BCUT2D eigenvalue weighted by atomic mass is 10.0. The van der Waals surface area contributed by atoms with Crippen LogP contribution in [0.25, 0.3) is 0 Å². The van der Waals surface area contributed by atoms with Crippen LogP contribution in [0.5, 0.6) is 0 Å². The van der Waals surface area contributed by atoms with Gasteiger partial charge in [-0.2, -0.15) is 0 Å². The summed E-state index contributed by atoms with van der Waals surface area (Å²) in [7, 11) is -4.71. The van der Waals surface area contributed by atoms with Crippen LogP contribution in [0.4, 0.5) is 0 Å². The number of ether oxygens (including phenoxy) is 1. The molecule has 0 radical (unpaired) electrons. The highest BCUT2D eigenvalue weighted by molar-refractivity contribution is 7.47. The molecular formula is C37H72NO10P. The molecule has 3 unspecified atom stereocenters. The molecule has 11 nitrogen and oxygen atoms in total. The van der Waals surface area contributed by atoms with Gasteiger partial charge in [0.1, 0.15) is 12.7 Å². The second-order valence-electron chi connectivity index (χ2n) is 13.5. The van der Waals surface area contributed by atoms with Crippen molar-refractivity contribution < 1.29 is 47.8 Å². The maximum Gasteiger partial charge on any atom is 0.472 e. The Morgan fingerprint density at radius 3 is 1.35 bits per heavy atom. The maximum absolute atomic E-state index is 12.0. The third kappa shape index (κ3) is 33.4. The van der Waals surface area contributed by atoms with E-state index in [2.05, 4.69) is 21.3 Å². The summed E-state index contributed by atoms with van der Waals surface area (Å²) >= 11 is 0. The molecule has 3 atom stereocenters. The van der Waals surface area contributed by atoms with Gasteiger partial charge in [0.05, 0.1) is 13.2 Å². The minimum atomic E-state index is -4.71. The van der Waals surface area contributed by atoms with E-state index < -0.39 is 57.6 Å². The molecule has 0 aliphatic carbocycles. The largest absolute Gasteiger partial charge is 0.480 e.